The molecule has 0 spiro atoms. The van der Waals surface area contributed by atoms with Crippen LogP contribution in [0.1, 0.15) is 71.9 Å². The molecule has 4 aromatic rings. The standard InChI is InChI=1S/C24H28N6O/c1-13(2)30-15(4)22(14(3)29-30)20-12-21(28-27-20)24(31)26-19-11-7-9-17-16-8-5-6-10-18(16)25-23(17)19/h5-6,8,10,12-13,19,25H,7,9,11H2,1-4H3,(H,26,31)(H,27,28). The van der Waals surface area contributed by atoms with Crippen molar-refractivity contribution in [2.24, 2.45) is 0 Å². The molecule has 0 fully saturated rings. The summed E-state index contributed by atoms with van der Waals surface area (Å²) in [6.45, 7) is 8.24. The summed E-state index contributed by atoms with van der Waals surface area (Å²) in [6, 6.07) is 10.4. The number of rotatable bonds is 4. The fourth-order valence-electron chi connectivity index (χ4n) is 4.90. The molecule has 0 bridgehead atoms. The minimum Gasteiger partial charge on any atom is -0.356 e. The Morgan fingerprint density at radius 3 is 2.84 bits per heavy atom. The molecule has 7 heteroatoms. The van der Waals surface area contributed by atoms with Crippen molar-refractivity contribution in [1.29, 1.82) is 0 Å². The summed E-state index contributed by atoms with van der Waals surface area (Å²) in [6.07, 6.45) is 3.02. The number of aryl methyl sites for hydroxylation is 2. The van der Waals surface area contributed by atoms with Crippen LogP contribution in [0.5, 0.6) is 0 Å². The predicted octanol–water partition coefficient (Wildman–Crippen LogP) is 4.76. The lowest BCUT2D eigenvalue weighted by molar-refractivity contribution is 0.0927. The molecule has 1 aromatic carbocycles. The Bertz CT molecular complexity index is 1270. The van der Waals surface area contributed by atoms with Crippen molar-refractivity contribution in [3.8, 4) is 11.3 Å². The van der Waals surface area contributed by atoms with Gasteiger partial charge in [-0.3, -0.25) is 14.6 Å². The van der Waals surface area contributed by atoms with Gasteiger partial charge in [-0.15, -0.1) is 0 Å². The molecule has 1 aliphatic carbocycles. The number of nitrogens with zero attached hydrogens (tertiary/aromatic N) is 3. The molecule has 3 aromatic heterocycles. The zero-order chi connectivity index (χ0) is 21.7. The van der Waals surface area contributed by atoms with Crippen LogP contribution >= 0.6 is 0 Å². The van der Waals surface area contributed by atoms with Gasteiger partial charge in [0, 0.05) is 33.9 Å². The Balaban J connectivity index is 1.41. The molecule has 31 heavy (non-hydrogen) atoms. The fraction of sp³-hybridized carbons (Fsp3) is 0.375. The Kier molecular flexibility index (Phi) is 4.68. The molecule has 1 amide bonds. The molecule has 0 radical (unpaired) electrons. The second kappa shape index (κ2) is 7.41. The fourth-order valence-corrected chi connectivity index (χ4v) is 4.90. The number of carbonyl (C=O) groups is 1. The van der Waals surface area contributed by atoms with Crippen molar-refractivity contribution in [2.75, 3.05) is 0 Å². The Morgan fingerprint density at radius 2 is 2.06 bits per heavy atom. The van der Waals surface area contributed by atoms with Gasteiger partial charge in [-0.05, 0) is 64.7 Å². The third kappa shape index (κ3) is 3.24. The lowest BCUT2D eigenvalue weighted by Gasteiger charge is -2.23. The van der Waals surface area contributed by atoms with Crippen molar-refractivity contribution in [1.82, 2.24) is 30.3 Å². The van der Waals surface area contributed by atoms with E-state index in [2.05, 4.69) is 57.6 Å². The van der Waals surface area contributed by atoms with Crippen LogP contribution in [0.4, 0.5) is 0 Å². The summed E-state index contributed by atoms with van der Waals surface area (Å²) in [5, 5.41) is 16.5. The number of aromatic nitrogens is 5. The van der Waals surface area contributed by atoms with Gasteiger partial charge < -0.3 is 10.3 Å². The number of H-pyrrole nitrogens is 2. The first-order valence-electron chi connectivity index (χ1n) is 11.0. The normalized spacial score (nSPS) is 16.1. The molecular formula is C24H28N6O. The topological polar surface area (TPSA) is 91.4 Å². The van der Waals surface area contributed by atoms with Gasteiger partial charge in [-0.25, -0.2) is 0 Å². The van der Waals surface area contributed by atoms with Crippen molar-refractivity contribution >= 4 is 16.8 Å². The van der Waals surface area contributed by atoms with E-state index in [-0.39, 0.29) is 18.0 Å². The zero-order valence-electron chi connectivity index (χ0n) is 18.4. The van der Waals surface area contributed by atoms with Crippen LogP contribution in [0.3, 0.4) is 0 Å². The Morgan fingerprint density at radius 1 is 1.26 bits per heavy atom. The highest BCUT2D eigenvalue weighted by atomic mass is 16.2. The first kappa shape index (κ1) is 19.6. The SMILES string of the molecule is Cc1nn(C(C)C)c(C)c1-c1cc(C(=O)NC2CCCc3c2[nH]c2ccccc32)[nH]n1. The van der Waals surface area contributed by atoms with Crippen molar-refractivity contribution < 1.29 is 4.79 Å². The highest BCUT2D eigenvalue weighted by molar-refractivity contribution is 5.94. The molecule has 0 saturated carbocycles. The Labute approximate surface area is 181 Å². The maximum Gasteiger partial charge on any atom is 0.269 e. The van der Waals surface area contributed by atoms with E-state index in [1.807, 2.05) is 30.7 Å². The molecule has 3 N–H and O–H groups in total. The van der Waals surface area contributed by atoms with E-state index in [4.69, 9.17) is 0 Å². The number of aromatic amines is 2. The number of fused-ring (bicyclic) bond motifs is 3. The highest BCUT2D eigenvalue weighted by Crippen LogP contribution is 2.35. The van der Waals surface area contributed by atoms with Gasteiger partial charge in [0.1, 0.15) is 5.69 Å². The number of carbonyl (C=O) groups excluding carboxylic acids is 1. The average Bonchev–Trinajstić information content (AvgIpc) is 3.44. The van der Waals surface area contributed by atoms with Crippen LogP contribution < -0.4 is 5.32 Å². The van der Waals surface area contributed by atoms with Crippen molar-refractivity contribution in [3.05, 3.63) is 58.7 Å². The minimum absolute atomic E-state index is 0.0254. The molecular weight excluding hydrogens is 388 g/mol. The summed E-state index contributed by atoms with van der Waals surface area (Å²) in [5.41, 5.74) is 7.76. The van der Waals surface area contributed by atoms with Gasteiger partial charge in [0.2, 0.25) is 0 Å². The van der Waals surface area contributed by atoms with E-state index in [9.17, 15) is 4.79 Å². The average molecular weight is 417 g/mol. The molecule has 1 aliphatic rings. The van der Waals surface area contributed by atoms with E-state index in [1.165, 1.54) is 10.9 Å². The quantitative estimate of drug-likeness (QED) is 0.448. The number of para-hydroxylation sites is 1. The molecule has 5 rings (SSSR count). The predicted molar refractivity (Wildman–Crippen MR) is 121 cm³/mol. The van der Waals surface area contributed by atoms with Crippen LogP contribution in [0.25, 0.3) is 22.2 Å². The van der Waals surface area contributed by atoms with E-state index in [1.54, 1.807) is 0 Å². The Hall–Kier alpha value is -3.35. The molecule has 1 atom stereocenters. The van der Waals surface area contributed by atoms with Crippen LogP contribution in [0, 0.1) is 13.8 Å². The van der Waals surface area contributed by atoms with Crippen LogP contribution in [-0.4, -0.2) is 30.9 Å². The van der Waals surface area contributed by atoms with Crippen molar-refractivity contribution in [2.45, 2.75) is 59.0 Å². The first-order valence-corrected chi connectivity index (χ1v) is 11.0. The number of hydrogen-bond acceptors (Lipinski definition) is 3. The third-order valence-electron chi connectivity index (χ3n) is 6.31. The van der Waals surface area contributed by atoms with E-state index in [0.29, 0.717) is 5.69 Å². The zero-order valence-corrected chi connectivity index (χ0v) is 18.4. The number of nitrogens with one attached hydrogen (secondary N) is 3. The van der Waals surface area contributed by atoms with Gasteiger partial charge in [0.25, 0.3) is 5.91 Å². The third-order valence-corrected chi connectivity index (χ3v) is 6.31. The van der Waals surface area contributed by atoms with Gasteiger partial charge in [-0.1, -0.05) is 18.2 Å². The summed E-state index contributed by atoms with van der Waals surface area (Å²) in [4.78, 5) is 16.6. The maximum absolute atomic E-state index is 13.0. The molecule has 0 saturated heterocycles. The minimum atomic E-state index is -0.137. The smallest absolute Gasteiger partial charge is 0.269 e. The van der Waals surface area contributed by atoms with Gasteiger partial charge >= 0.3 is 0 Å². The molecule has 0 aliphatic heterocycles. The second-order valence-electron chi connectivity index (χ2n) is 8.73. The van der Waals surface area contributed by atoms with Crippen molar-refractivity contribution in [3.63, 3.8) is 0 Å². The van der Waals surface area contributed by atoms with E-state index in [0.717, 1.165) is 53.1 Å². The van der Waals surface area contributed by atoms with Gasteiger partial charge in [0.15, 0.2) is 0 Å². The lowest BCUT2D eigenvalue weighted by atomic mass is 9.91. The molecule has 160 valence electrons. The summed E-state index contributed by atoms with van der Waals surface area (Å²) < 4.78 is 2.00. The van der Waals surface area contributed by atoms with E-state index < -0.39 is 0 Å². The number of benzene rings is 1. The second-order valence-corrected chi connectivity index (χ2v) is 8.73. The maximum atomic E-state index is 13.0. The summed E-state index contributed by atoms with van der Waals surface area (Å²) in [5.74, 6) is -0.137. The molecule has 3 heterocycles. The summed E-state index contributed by atoms with van der Waals surface area (Å²) >= 11 is 0. The molecule has 7 nitrogen and oxygen atoms in total. The van der Waals surface area contributed by atoms with Crippen LogP contribution in [0.15, 0.2) is 30.3 Å². The van der Waals surface area contributed by atoms with Crippen LogP contribution in [0.2, 0.25) is 0 Å². The van der Waals surface area contributed by atoms with Gasteiger partial charge in [-0.2, -0.15) is 10.2 Å². The monoisotopic (exact) mass is 416 g/mol. The first-order chi connectivity index (χ1) is 14.9. The summed E-state index contributed by atoms with van der Waals surface area (Å²) in [7, 11) is 0. The number of hydrogen-bond donors (Lipinski definition) is 3. The van der Waals surface area contributed by atoms with Gasteiger partial charge in [0.05, 0.1) is 17.4 Å². The molecule has 1 unspecified atom stereocenters. The van der Waals surface area contributed by atoms with Crippen LogP contribution in [-0.2, 0) is 6.42 Å². The lowest BCUT2D eigenvalue weighted by Crippen LogP contribution is -2.31. The van der Waals surface area contributed by atoms with E-state index >= 15 is 0 Å². The highest BCUT2D eigenvalue weighted by Gasteiger charge is 2.27. The number of amides is 1. The largest absolute Gasteiger partial charge is 0.356 e.